The van der Waals surface area contributed by atoms with Crippen LogP contribution in [0.4, 0.5) is 0 Å². The van der Waals surface area contributed by atoms with Gasteiger partial charge in [-0.2, -0.15) is 5.10 Å². The van der Waals surface area contributed by atoms with E-state index in [4.69, 9.17) is 5.10 Å². The average molecular weight is 263 g/mol. The van der Waals surface area contributed by atoms with E-state index in [2.05, 4.69) is 37.7 Å². The van der Waals surface area contributed by atoms with Crippen molar-refractivity contribution in [3.05, 3.63) is 17.0 Å². The van der Waals surface area contributed by atoms with Crippen LogP contribution in [0.1, 0.15) is 74.9 Å². The van der Waals surface area contributed by atoms with Crippen LogP contribution in [0.2, 0.25) is 0 Å². The molecule has 1 atom stereocenters. The molecule has 0 amide bonds. The second-order valence-corrected chi connectivity index (χ2v) is 6.07. The minimum Gasteiger partial charge on any atom is -0.316 e. The molecule has 0 saturated heterocycles. The third-order valence-corrected chi connectivity index (χ3v) is 4.42. The summed E-state index contributed by atoms with van der Waals surface area (Å²) in [4.78, 5) is 0. The molecule has 2 rings (SSSR count). The van der Waals surface area contributed by atoms with Crippen molar-refractivity contribution >= 4 is 0 Å². The van der Waals surface area contributed by atoms with Crippen molar-refractivity contribution < 1.29 is 0 Å². The van der Waals surface area contributed by atoms with E-state index in [0.29, 0.717) is 12.0 Å². The Morgan fingerprint density at radius 2 is 2.00 bits per heavy atom. The van der Waals surface area contributed by atoms with E-state index in [0.717, 1.165) is 13.1 Å². The fraction of sp³-hybridized carbons (Fsp3) is 0.812. The smallest absolute Gasteiger partial charge is 0.0631 e. The molecule has 3 heteroatoms. The van der Waals surface area contributed by atoms with Crippen LogP contribution in [0.15, 0.2) is 0 Å². The summed E-state index contributed by atoms with van der Waals surface area (Å²) in [5, 5.41) is 8.36. The van der Waals surface area contributed by atoms with Crippen LogP contribution in [-0.2, 0) is 0 Å². The van der Waals surface area contributed by atoms with Gasteiger partial charge in [-0.25, -0.2) is 0 Å². The number of aryl methyl sites for hydroxylation is 1. The zero-order valence-electron chi connectivity index (χ0n) is 13.0. The van der Waals surface area contributed by atoms with Crippen LogP contribution in [-0.4, -0.2) is 22.9 Å². The highest BCUT2D eigenvalue weighted by atomic mass is 15.3. The molecule has 1 aromatic rings. The van der Waals surface area contributed by atoms with Crippen LogP contribution in [0.5, 0.6) is 0 Å². The third-order valence-electron chi connectivity index (χ3n) is 4.42. The SMILES string of the molecule is CCCNCC(C)c1c(C)nn(C2CCCC2)c1C. The third kappa shape index (κ3) is 3.19. The molecule has 0 aliphatic heterocycles. The quantitative estimate of drug-likeness (QED) is 0.793. The summed E-state index contributed by atoms with van der Waals surface area (Å²) in [5.74, 6) is 0.557. The number of nitrogens with zero attached hydrogens (tertiary/aromatic N) is 2. The van der Waals surface area contributed by atoms with E-state index in [-0.39, 0.29) is 0 Å². The Labute approximate surface area is 117 Å². The molecule has 1 aliphatic rings. The Kier molecular flexibility index (Phi) is 5.03. The number of hydrogen-bond acceptors (Lipinski definition) is 2. The van der Waals surface area contributed by atoms with Crippen LogP contribution in [0.3, 0.4) is 0 Å². The summed E-state index contributed by atoms with van der Waals surface area (Å²) < 4.78 is 2.31. The molecular formula is C16H29N3. The monoisotopic (exact) mass is 263 g/mol. The van der Waals surface area contributed by atoms with Gasteiger partial charge in [0, 0.05) is 17.8 Å². The summed E-state index contributed by atoms with van der Waals surface area (Å²) >= 11 is 0. The van der Waals surface area contributed by atoms with E-state index >= 15 is 0 Å². The molecule has 0 bridgehead atoms. The van der Waals surface area contributed by atoms with Crippen molar-refractivity contribution in [3.63, 3.8) is 0 Å². The summed E-state index contributed by atoms with van der Waals surface area (Å²) in [6, 6.07) is 0.656. The lowest BCUT2D eigenvalue weighted by Gasteiger charge is -2.15. The number of rotatable bonds is 6. The number of aromatic nitrogens is 2. The van der Waals surface area contributed by atoms with Gasteiger partial charge in [-0.3, -0.25) is 4.68 Å². The Morgan fingerprint density at radius 3 is 2.63 bits per heavy atom. The van der Waals surface area contributed by atoms with Crippen LogP contribution >= 0.6 is 0 Å². The molecule has 108 valence electrons. The molecule has 0 spiro atoms. The van der Waals surface area contributed by atoms with Crippen LogP contribution in [0, 0.1) is 13.8 Å². The first-order chi connectivity index (χ1) is 9.15. The lowest BCUT2D eigenvalue weighted by Crippen LogP contribution is -2.21. The van der Waals surface area contributed by atoms with E-state index < -0.39 is 0 Å². The molecule has 0 radical (unpaired) electrons. The van der Waals surface area contributed by atoms with Crippen molar-refractivity contribution in [1.82, 2.24) is 15.1 Å². The lowest BCUT2D eigenvalue weighted by atomic mass is 9.99. The summed E-state index contributed by atoms with van der Waals surface area (Å²) in [6.45, 7) is 11.1. The van der Waals surface area contributed by atoms with Gasteiger partial charge < -0.3 is 5.32 Å². The van der Waals surface area contributed by atoms with Gasteiger partial charge in [-0.15, -0.1) is 0 Å². The number of hydrogen-bond donors (Lipinski definition) is 1. The molecule has 1 fully saturated rings. The molecule has 3 nitrogen and oxygen atoms in total. The lowest BCUT2D eigenvalue weighted by molar-refractivity contribution is 0.453. The van der Waals surface area contributed by atoms with Gasteiger partial charge in [0.05, 0.1) is 11.7 Å². The largest absolute Gasteiger partial charge is 0.316 e. The second kappa shape index (κ2) is 6.56. The highest BCUT2D eigenvalue weighted by Crippen LogP contribution is 2.33. The van der Waals surface area contributed by atoms with Crippen molar-refractivity contribution in [3.8, 4) is 0 Å². The molecule has 1 unspecified atom stereocenters. The Balaban J connectivity index is 2.11. The molecule has 1 aliphatic carbocycles. The van der Waals surface area contributed by atoms with Crippen molar-refractivity contribution in [2.45, 2.75) is 71.8 Å². The van der Waals surface area contributed by atoms with E-state index in [1.54, 1.807) is 0 Å². The molecule has 0 aromatic carbocycles. The molecule has 1 N–H and O–H groups in total. The predicted octanol–water partition coefficient (Wildman–Crippen LogP) is 3.72. The minimum atomic E-state index is 0.557. The molecule has 1 heterocycles. The summed E-state index contributed by atoms with van der Waals surface area (Å²) in [6.07, 6.45) is 6.55. The number of nitrogens with one attached hydrogen (secondary N) is 1. The Hall–Kier alpha value is -0.830. The standard InChI is InChI=1S/C16H29N3/c1-5-10-17-11-12(2)16-13(3)18-19(14(16)4)15-8-6-7-9-15/h12,15,17H,5-11H2,1-4H3. The first-order valence-electron chi connectivity index (χ1n) is 7.91. The van der Waals surface area contributed by atoms with Gasteiger partial charge in [0.25, 0.3) is 0 Å². The molecule has 19 heavy (non-hydrogen) atoms. The summed E-state index contributed by atoms with van der Waals surface area (Å²) in [5.41, 5.74) is 4.10. The van der Waals surface area contributed by atoms with Gasteiger partial charge >= 0.3 is 0 Å². The Morgan fingerprint density at radius 1 is 1.32 bits per heavy atom. The maximum Gasteiger partial charge on any atom is 0.0631 e. The highest BCUT2D eigenvalue weighted by molar-refractivity contribution is 5.29. The van der Waals surface area contributed by atoms with Crippen LogP contribution < -0.4 is 5.32 Å². The van der Waals surface area contributed by atoms with Gasteiger partial charge in [0.15, 0.2) is 0 Å². The van der Waals surface area contributed by atoms with Crippen molar-refractivity contribution in [2.24, 2.45) is 0 Å². The van der Waals surface area contributed by atoms with Gasteiger partial charge in [0.2, 0.25) is 0 Å². The maximum absolute atomic E-state index is 4.83. The van der Waals surface area contributed by atoms with Crippen molar-refractivity contribution in [1.29, 1.82) is 0 Å². The fourth-order valence-electron chi connectivity index (χ4n) is 3.49. The average Bonchev–Trinajstić information content (AvgIpc) is 2.98. The summed E-state index contributed by atoms with van der Waals surface area (Å²) in [7, 11) is 0. The molecular weight excluding hydrogens is 234 g/mol. The van der Waals surface area contributed by atoms with Gasteiger partial charge in [-0.05, 0) is 45.6 Å². The minimum absolute atomic E-state index is 0.557. The maximum atomic E-state index is 4.83. The Bertz CT molecular complexity index is 402. The van der Waals surface area contributed by atoms with Crippen molar-refractivity contribution in [2.75, 3.05) is 13.1 Å². The first kappa shape index (κ1) is 14.6. The normalized spacial score (nSPS) is 18.1. The van der Waals surface area contributed by atoms with E-state index in [1.807, 2.05) is 0 Å². The van der Waals surface area contributed by atoms with Gasteiger partial charge in [-0.1, -0.05) is 26.7 Å². The fourth-order valence-corrected chi connectivity index (χ4v) is 3.49. The predicted molar refractivity (Wildman–Crippen MR) is 80.8 cm³/mol. The van der Waals surface area contributed by atoms with Gasteiger partial charge in [0.1, 0.15) is 0 Å². The molecule has 1 aromatic heterocycles. The zero-order chi connectivity index (χ0) is 13.8. The highest BCUT2D eigenvalue weighted by Gasteiger charge is 2.23. The zero-order valence-corrected chi connectivity index (χ0v) is 13.0. The van der Waals surface area contributed by atoms with E-state index in [1.165, 1.54) is 49.1 Å². The second-order valence-electron chi connectivity index (χ2n) is 6.07. The van der Waals surface area contributed by atoms with E-state index in [9.17, 15) is 0 Å². The first-order valence-corrected chi connectivity index (χ1v) is 7.91. The molecule has 1 saturated carbocycles. The van der Waals surface area contributed by atoms with Crippen LogP contribution in [0.25, 0.3) is 0 Å². The topological polar surface area (TPSA) is 29.9 Å².